The summed E-state index contributed by atoms with van der Waals surface area (Å²) in [5.41, 5.74) is 0. The van der Waals surface area contributed by atoms with Crippen LogP contribution in [0, 0.1) is 0 Å². The minimum Gasteiger partial charge on any atom is -1.00 e. The van der Waals surface area contributed by atoms with Gasteiger partial charge in [0, 0.05) is 6.42 Å². The molecule has 0 aromatic carbocycles. The summed E-state index contributed by atoms with van der Waals surface area (Å²) >= 11 is 0. The van der Waals surface area contributed by atoms with Gasteiger partial charge in [-0.3, -0.25) is 4.79 Å². The van der Waals surface area contributed by atoms with E-state index in [4.69, 9.17) is 0 Å². The van der Waals surface area contributed by atoms with E-state index in [0.717, 1.165) is 20.0 Å². The van der Waals surface area contributed by atoms with Crippen molar-refractivity contribution < 1.29 is 52.6 Å². The van der Waals surface area contributed by atoms with E-state index in [9.17, 15) is 13.2 Å². The van der Waals surface area contributed by atoms with Gasteiger partial charge in [-0.2, -0.15) is 8.42 Å². The number of rotatable bonds is 10. The first kappa shape index (κ1) is 20.7. The molecule has 0 N–H and O–H groups in total. The normalized spacial score (nSPS) is 10.8. The molecule has 5 nitrogen and oxygen atoms in total. The molecule has 0 aromatic heterocycles. The molecule has 0 rings (SSSR count). The van der Waals surface area contributed by atoms with Crippen molar-refractivity contribution in [3.8, 4) is 0 Å². The third-order valence-electron chi connectivity index (χ3n) is 2.38. The molecule has 0 saturated carbocycles. The summed E-state index contributed by atoms with van der Waals surface area (Å²) in [6, 6.07) is 0. The number of carbonyl (C=O) groups is 1. The quantitative estimate of drug-likeness (QED) is 0.407. The standard InChI is InChI=1S/C11H22O5S.Na.H/c1-3-4-5-6-7-8-9-10-11(12)16-17(13,14)15-2;;/h3-10H2,1-2H3;;/q;+1;-1. The van der Waals surface area contributed by atoms with Gasteiger partial charge in [-0.05, 0) is 6.42 Å². The molecule has 0 atom stereocenters. The predicted octanol–water partition coefficient (Wildman–Crippen LogP) is -0.322. The Labute approximate surface area is 134 Å². The Hall–Kier alpha value is 0.380. The molecule has 0 aliphatic heterocycles. The Morgan fingerprint density at radius 2 is 1.56 bits per heavy atom. The molecule has 0 spiro atoms. The van der Waals surface area contributed by atoms with E-state index in [-0.39, 0.29) is 37.4 Å². The van der Waals surface area contributed by atoms with E-state index in [1.165, 1.54) is 25.7 Å². The van der Waals surface area contributed by atoms with Crippen LogP contribution in [0.4, 0.5) is 0 Å². The Morgan fingerprint density at radius 3 is 2.06 bits per heavy atom. The van der Waals surface area contributed by atoms with E-state index in [0.29, 0.717) is 6.42 Å². The summed E-state index contributed by atoms with van der Waals surface area (Å²) in [5, 5.41) is 0. The van der Waals surface area contributed by atoms with Gasteiger partial charge in [0.25, 0.3) is 0 Å². The topological polar surface area (TPSA) is 69.7 Å². The van der Waals surface area contributed by atoms with Gasteiger partial charge in [0.2, 0.25) is 0 Å². The Kier molecular flexibility index (Phi) is 14.3. The Morgan fingerprint density at radius 1 is 1.06 bits per heavy atom. The molecule has 0 aliphatic carbocycles. The third-order valence-corrected chi connectivity index (χ3v) is 3.18. The van der Waals surface area contributed by atoms with Gasteiger partial charge in [-0.25, -0.2) is 4.18 Å². The summed E-state index contributed by atoms with van der Waals surface area (Å²) in [6.45, 7) is 2.16. The number of hydrogen-bond acceptors (Lipinski definition) is 5. The SMILES string of the molecule is CCCCCCCCCC(=O)OS(=O)(=O)OC.[H-].[Na+]. The van der Waals surface area contributed by atoms with Crippen LogP contribution >= 0.6 is 0 Å². The second kappa shape index (κ2) is 12.4. The molecule has 0 radical (unpaired) electrons. The van der Waals surface area contributed by atoms with Crippen molar-refractivity contribution in [3.05, 3.63) is 0 Å². The van der Waals surface area contributed by atoms with Crippen LogP contribution in [-0.4, -0.2) is 21.5 Å². The van der Waals surface area contributed by atoms with E-state index >= 15 is 0 Å². The van der Waals surface area contributed by atoms with Gasteiger partial charge in [0.1, 0.15) is 0 Å². The van der Waals surface area contributed by atoms with Crippen LogP contribution in [0.25, 0.3) is 0 Å². The fourth-order valence-corrected chi connectivity index (χ4v) is 1.80. The molecule has 104 valence electrons. The van der Waals surface area contributed by atoms with Crippen molar-refractivity contribution in [2.24, 2.45) is 0 Å². The molecule has 18 heavy (non-hydrogen) atoms. The summed E-state index contributed by atoms with van der Waals surface area (Å²) < 4.78 is 29.7. The van der Waals surface area contributed by atoms with Crippen molar-refractivity contribution in [2.45, 2.75) is 58.3 Å². The van der Waals surface area contributed by atoms with E-state index < -0.39 is 16.4 Å². The smallest absolute Gasteiger partial charge is 1.00 e. The van der Waals surface area contributed by atoms with Crippen LogP contribution in [0.1, 0.15) is 59.7 Å². The average Bonchev–Trinajstić information content (AvgIpc) is 2.27. The molecule has 0 amide bonds. The van der Waals surface area contributed by atoms with Gasteiger partial charge in [0.05, 0.1) is 7.11 Å². The van der Waals surface area contributed by atoms with Gasteiger partial charge in [0.15, 0.2) is 0 Å². The number of unbranched alkanes of at least 4 members (excludes halogenated alkanes) is 6. The van der Waals surface area contributed by atoms with Gasteiger partial charge in [-0.15, -0.1) is 0 Å². The van der Waals surface area contributed by atoms with Crippen LogP contribution in [-0.2, 0) is 23.6 Å². The molecule has 0 saturated heterocycles. The summed E-state index contributed by atoms with van der Waals surface area (Å²) in [6.07, 6.45) is 7.62. The first-order chi connectivity index (χ1) is 8.02. The zero-order valence-electron chi connectivity index (χ0n) is 12.6. The van der Waals surface area contributed by atoms with Crippen molar-refractivity contribution in [3.63, 3.8) is 0 Å². The molecule has 0 fully saturated rings. The molecule has 0 bridgehead atoms. The first-order valence-corrected chi connectivity index (χ1v) is 7.38. The van der Waals surface area contributed by atoms with E-state index in [1.54, 1.807) is 0 Å². The Bertz CT molecular complexity index is 308. The minimum absolute atomic E-state index is 0. The zero-order valence-corrected chi connectivity index (χ0v) is 14.4. The second-order valence-electron chi connectivity index (χ2n) is 3.90. The van der Waals surface area contributed by atoms with Crippen molar-refractivity contribution in [1.82, 2.24) is 0 Å². The number of carbonyl (C=O) groups excluding carboxylic acids is 1. The van der Waals surface area contributed by atoms with Gasteiger partial charge < -0.3 is 5.61 Å². The van der Waals surface area contributed by atoms with Crippen molar-refractivity contribution in [1.29, 1.82) is 0 Å². The maximum Gasteiger partial charge on any atom is 1.00 e. The van der Waals surface area contributed by atoms with Crippen LogP contribution < -0.4 is 29.6 Å². The molecule has 0 unspecified atom stereocenters. The third kappa shape index (κ3) is 12.8. The van der Waals surface area contributed by atoms with E-state index in [2.05, 4.69) is 15.3 Å². The summed E-state index contributed by atoms with van der Waals surface area (Å²) in [7, 11) is -3.17. The van der Waals surface area contributed by atoms with Crippen LogP contribution in [0.2, 0.25) is 0 Å². The van der Waals surface area contributed by atoms with Crippen molar-refractivity contribution in [2.75, 3.05) is 7.11 Å². The zero-order chi connectivity index (χ0) is 13.1. The molecule has 0 aromatic rings. The molecule has 7 heteroatoms. The predicted molar refractivity (Wildman–Crippen MR) is 65.7 cm³/mol. The molecular formula is C11H23NaO5S. The first-order valence-electron chi connectivity index (χ1n) is 6.04. The summed E-state index contributed by atoms with van der Waals surface area (Å²) in [5.74, 6) is -0.750. The monoisotopic (exact) mass is 290 g/mol. The summed E-state index contributed by atoms with van der Waals surface area (Å²) in [4.78, 5) is 11.1. The van der Waals surface area contributed by atoms with Crippen molar-refractivity contribution >= 4 is 16.4 Å². The molecule has 0 aliphatic rings. The van der Waals surface area contributed by atoms with Gasteiger partial charge >= 0.3 is 45.9 Å². The molecule has 0 heterocycles. The Balaban J connectivity index is -0.00000128. The second-order valence-corrected chi connectivity index (χ2v) is 5.22. The fourth-order valence-electron chi connectivity index (χ4n) is 1.42. The van der Waals surface area contributed by atoms with E-state index in [1.807, 2.05) is 0 Å². The molecular weight excluding hydrogens is 267 g/mol. The van der Waals surface area contributed by atoms with Crippen LogP contribution in [0.15, 0.2) is 0 Å². The largest absolute Gasteiger partial charge is 1.00 e. The maximum absolute atomic E-state index is 11.1. The minimum atomic E-state index is -4.12. The van der Waals surface area contributed by atoms with Crippen LogP contribution in [0.5, 0.6) is 0 Å². The number of hydrogen-bond donors (Lipinski definition) is 0. The maximum atomic E-state index is 11.1. The average molecular weight is 290 g/mol. The van der Waals surface area contributed by atoms with Gasteiger partial charge in [-0.1, -0.05) is 45.4 Å². The fraction of sp³-hybridized carbons (Fsp3) is 0.909. The van der Waals surface area contributed by atoms with Crippen LogP contribution in [0.3, 0.4) is 0 Å².